The molecule has 0 bridgehead atoms. The van der Waals surface area contributed by atoms with Gasteiger partial charge in [-0.3, -0.25) is 6.08 Å². The molecule has 0 unspecified atom stereocenters. The summed E-state index contributed by atoms with van der Waals surface area (Å²) in [6.07, 6.45) is 10.0. The van der Waals surface area contributed by atoms with E-state index in [0.29, 0.717) is 0 Å². The van der Waals surface area contributed by atoms with Crippen molar-refractivity contribution in [2.45, 2.75) is 58.8 Å². The van der Waals surface area contributed by atoms with Crippen LogP contribution in [0.3, 0.4) is 0 Å². The Morgan fingerprint density at radius 3 is 1.16 bits per heavy atom. The van der Waals surface area contributed by atoms with Gasteiger partial charge in [0.25, 0.3) is 0 Å². The van der Waals surface area contributed by atoms with E-state index in [1.165, 1.54) is 93.5 Å². The Bertz CT molecular complexity index is 2350. The average molecular weight is 963 g/mol. The molecule has 1 aliphatic carbocycles. The third-order valence-corrected chi connectivity index (χ3v) is 12.2. The summed E-state index contributed by atoms with van der Waals surface area (Å²) >= 11 is 25.5. The van der Waals surface area contributed by atoms with E-state index >= 15 is 0 Å². The van der Waals surface area contributed by atoms with Crippen LogP contribution in [0.15, 0.2) is 146 Å². The summed E-state index contributed by atoms with van der Waals surface area (Å²) in [5.41, 5.74) is 10.1. The molecule has 0 fully saturated rings. The SMILES string of the molecule is CC(C)(C)c1cc2c(cc1-c1ccc(Cl)cc1)[cH-]c1cc(-c3ccc(Cl)cc3)c(C(C)(C)C)cc12.Cl.Cl.Clc1ccc([C](=[Zr+2])c2ccc(Cl)cc2)cc1.[C-]1=CC=CC1. The van der Waals surface area contributed by atoms with E-state index in [4.69, 9.17) is 46.4 Å². The fraction of sp³-hybridized carbons (Fsp3) is 0.176. The van der Waals surface area contributed by atoms with Gasteiger partial charge in [0.1, 0.15) is 0 Å². The van der Waals surface area contributed by atoms with Crippen LogP contribution in [-0.2, 0) is 35.1 Å². The predicted molar refractivity (Wildman–Crippen MR) is 258 cm³/mol. The number of halogens is 6. The van der Waals surface area contributed by atoms with Gasteiger partial charge in [0.2, 0.25) is 0 Å². The van der Waals surface area contributed by atoms with Gasteiger partial charge in [-0.2, -0.15) is 6.08 Å². The first-order valence-electron chi connectivity index (χ1n) is 18.6. The van der Waals surface area contributed by atoms with E-state index in [2.05, 4.69) is 108 Å². The largest absolute Gasteiger partial charge is 0.273 e. The van der Waals surface area contributed by atoms with Gasteiger partial charge in [0.05, 0.1) is 0 Å². The predicted octanol–water partition coefficient (Wildman–Crippen LogP) is 17.2. The fourth-order valence-corrected chi connectivity index (χ4v) is 8.15. The van der Waals surface area contributed by atoms with Crippen molar-refractivity contribution in [3.05, 3.63) is 194 Å². The standard InChI is InChI=1S/C33H31Cl2.C13H8Cl2.C5H5.2ClH.Zr/c1-32(2,3)30-18-26-22(16-28(30)20-7-11-24(34)12-8-20)15-23-17-29(21-9-13-25(35)14-10-21)31(19-27(23)26)33(4,5)6;14-12-5-1-10(2-6-12)9-11-3-7-13(15)8-4-11;1-2-4-5-3-1;;;/h7-19H,1-6H3;1-8H;1-3H,4H2;2*1H;/q-1;;-1;;;+2. The Balaban J connectivity index is 0.000000268. The van der Waals surface area contributed by atoms with E-state index in [1.54, 1.807) is 0 Å². The molecule has 8 rings (SSSR count). The molecule has 0 amide bonds. The van der Waals surface area contributed by atoms with Crippen LogP contribution < -0.4 is 0 Å². The molecule has 0 saturated heterocycles. The van der Waals surface area contributed by atoms with Crippen molar-refractivity contribution >= 4 is 96.0 Å². The van der Waals surface area contributed by atoms with Crippen molar-refractivity contribution in [2.24, 2.45) is 0 Å². The second-order valence-corrected chi connectivity index (χ2v) is 19.0. The first-order valence-corrected chi connectivity index (χ1v) is 21.4. The summed E-state index contributed by atoms with van der Waals surface area (Å²) in [7, 11) is 0. The number of hydrogen-bond donors (Lipinski definition) is 0. The summed E-state index contributed by atoms with van der Waals surface area (Å²) in [4.78, 5) is 0. The van der Waals surface area contributed by atoms with Gasteiger partial charge >= 0.3 is 120 Å². The number of allylic oxidation sites excluding steroid dienone is 4. The molecule has 0 N–H and O–H groups in total. The zero-order chi connectivity index (χ0) is 40.2. The number of hydrogen-bond acceptors (Lipinski definition) is 0. The topological polar surface area (TPSA) is 0 Å². The van der Waals surface area contributed by atoms with Gasteiger partial charge in [-0.05, 0) is 68.5 Å². The van der Waals surface area contributed by atoms with Crippen molar-refractivity contribution in [1.82, 2.24) is 0 Å². The summed E-state index contributed by atoms with van der Waals surface area (Å²) < 4.78 is 1.31. The van der Waals surface area contributed by atoms with Crippen LogP contribution >= 0.6 is 71.2 Å². The van der Waals surface area contributed by atoms with Crippen molar-refractivity contribution in [2.75, 3.05) is 0 Å². The molecule has 7 aromatic rings. The molecule has 0 aromatic heterocycles. The minimum Gasteiger partial charge on any atom is -0.273 e. The zero-order valence-electron chi connectivity index (χ0n) is 33.4. The smallest absolute Gasteiger partial charge is 0.109 e. The molecule has 0 heterocycles. The Hall–Kier alpha value is -2.84. The minimum atomic E-state index is 0. The van der Waals surface area contributed by atoms with Gasteiger partial charge in [-0.25, -0.2) is 12.2 Å². The van der Waals surface area contributed by atoms with E-state index in [-0.39, 0.29) is 35.6 Å². The van der Waals surface area contributed by atoms with Crippen LogP contribution in [0, 0.1) is 6.08 Å². The second kappa shape index (κ2) is 20.6. The third-order valence-electron chi connectivity index (χ3n) is 9.76. The molecule has 58 heavy (non-hydrogen) atoms. The van der Waals surface area contributed by atoms with Crippen molar-refractivity contribution in [1.29, 1.82) is 0 Å². The molecule has 0 saturated carbocycles. The van der Waals surface area contributed by atoms with Crippen molar-refractivity contribution in [3.63, 3.8) is 0 Å². The van der Waals surface area contributed by atoms with Gasteiger partial charge in [-0.15, -0.1) is 71.0 Å². The Morgan fingerprint density at radius 2 is 0.879 bits per heavy atom. The molecule has 0 radical (unpaired) electrons. The maximum atomic E-state index is 6.20. The molecular formula is C51H46Cl6Zr. The molecular weight excluding hydrogens is 917 g/mol. The van der Waals surface area contributed by atoms with E-state index in [9.17, 15) is 0 Å². The number of fused-ring (bicyclic) bond motifs is 3. The fourth-order valence-electron chi connectivity index (χ4n) is 6.82. The Morgan fingerprint density at radius 1 is 0.534 bits per heavy atom. The normalized spacial score (nSPS) is 11.9. The van der Waals surface area contributed by atoms with E-state index < -0.39 is 0 Å². The van der Waals surface area contributed by atoms with Crippen molar-refractivity contribution in [3.8, 4) is 22.3 Å². The van der Waals surface area contributed by atoms with Gasteiger partial charge in [0, 0.05) is 10.0 Å². The van der Waals surface area contributed by atoms with Gasteiger partial charge < -0.3 is 0 Å². The van der Waals surface area contributed by atoms with Crippen LogP contribution in [0.1, 0.15) is 70.2 Å². The zero-order valence-corrected chi connectivity index (χ0v) is 40.5. The first-order chi connectivity index (χ1) is 26.6. The summed E-state index contributed by atoms with van der Waals surface area (Å²) in [6.45, 7) is 13.7. The monoisotopic (exact) mass is 958 g/mol. The van der Waals surface area contributed by atoms with E-state index in [0.717, 1.165) is 26.5 Å². The van der Waals surface area contributed by atoms with Crippen LogP contribution in [0.4, 0.5) is 0 Å². The quantitative estimate of drug-likeness (QED) is 0.154. The van der Waals surface area contributed by atoms with Crippen LogP contribution in [0.25, 0.3) is 43.8 Å². The second-order valence-electron chi connectivity index (χ2n) is 16.0. The number of rotatable bonds is 4. The minimum absolute atomic E-state index is 0. The van der Waals surface area contributed by atoms with Gasteiger partial charge in [-0.1, -0.05) is 101 Å². The molecule has 1 aliphatic rings. The maximum Gasteiger partial charge on any atom is -0.109 e. The third kappa shape index (κ3) is 11.9. The molecule has 7 aromatic carbocycles. The van der Waals surface area contributed by atoms with Crippen LogP contribution in [0.2, 0.25) is 20.1 Å². The Labute approximate surface area is 391 Å². The van der Waals surface area contributed by atoms with Gasteiger partial charge in [0.15, 0.2) is 0 Å². The van der Waals surface area contributed by atoms with Crippen LogP contribution in [-0.4, -0.2) is 3.21 Å². The number of benzene rings is 6. The van der Waals surface area contributed by atoms with E-state index in [1.807, 2.05) is 84.9 Å². The molecule has 0 atom stereocenters. The first kappa shape index (κ1) is 47.8. The molecule has 0 nitrogen and oxygen atoms in total. The molecule has 0 spiro atoms. The molecule has 7 heteroatoms. The van der Waals surface area contributed by atoms with Crippen LogP contribution in [0.5, 0.6) is 0 Å². The maximum absolute atomic E-state index is 6.20. The average Bonchev–Trinajstić information content (AvgIpc) is 3.86. The summed E-state index contributed by atoms with van der Waals surface area (Å²) in [5, 5.41) is 8.22. The summed E-state index contributed by atoms with van der Waals surface area (Å²) in [6, 6.07) is 44.1. The molecule has 296 valence electrons. The Kier molecular flexibility index (Phi) is 17.0. The summed E-state index contributed by atoms with van der Waals surface area (Å²) in [5.74, 6) is 0. The molecule has 0 aliphatic heterocycles. The van der Waals surface area contributed by atoms with Crippen molar-refractivity contribution < 1.29 is 24.2 Å².